The quantitative estimate of drug-likeness (QED) is 0.783. The Labute approximate surface area is 130 Å². The lowest BCUT2D eigenvalue weighted by atomic mass is 10.2. The van der Waals surface area contributed by atoms with E-state index in [0.29, 0.717) is 31.7 Å². The predicted molar refractivity (Wildman–Crippen MR) is 83.3 cm³/mol. The van der Waals surface area contributed by atoms with Crippen LogP contribution in [0.1, 0.15) is 36.0 Å². The van der Waals surface area contributed by atoms with E-state index < -0.39 is 0 Å². The third-order valence-corrected chi connectivity index (χ3v) is 4.36. The van der Waals surface area contributed by atoms with E-state index in [2.05, 4.69) is 4.98 Å². The van der Waals surface area contributed by atoms with Crippen LogP contribution < -0.4 is 0 Å². The number of amides is 2. The number of carbonyl (C=O) groups excluding carboxylic acids is 2. The summed E-state index contributed by atoms with van der Waals surface area (Å²) in [6.45, 7) is 2.38. The SMILES string of the molecule is O=C(C=C1CCCC1)N1CCN(C(=O)c2cccnc2)CC1. The first kappa shape index (κ1) is 14.8. The van der Waals surface area contributed by atoms with Gasteiger partial charge in [0.1, 0.15) is 0 Å². The molecule has 0 unspecified atom stereocenters. The van der Waals surface area contributed by atoms with E-state index in [-0.39, 0.29) is 11.8 Å². The number of carbonyl (C=O) groups is 2. The molecule has 1 saturated heterocycles. The molecule has 1 aromatic rings. The summed E-state index contributed by atoms with van der Waals surface area (Å²) in [6, 6.07) is 3.54. The molecule has 22 heavy (non-hydrogen) atoms. The normalized spacial score (nSPS) is 18.5. The van der Waals surface area contributed by atoms with Crippen molar-refractivity contribution < 1.29 is 9.59 Å². The largest absolute Gasteiger partial charge is 0.336 e. The highest BCUT2D eigenvalue weighted by Crippen LogP contribution is 2.23. The Morgan fingerprint density at radius 3 is 2.36 bits per heavy atom. The summed E-state index contributed by atoms with van der Waals surface area (Å²) < 4.78 is 0. The second kappa shape index (κ2) is 6.73. The molecule has 3 rings (SSSR count). The van der Waals surface area contributed by atoms with Crippen molar-refractivity contribution >= 4 is 11.8 Å². The third-order valence-electron chi connectivity index (χ3n) is 4.36. The van der Waals surface area contributed by atoms with Crippen molar-refractivity contribution in [1.29, 1.82) is 0 Å². The Morgan fingerprint density at radius 1 is 1.05 bits per heavy atom. The van der Waals surface area contributed by atoms with Gasteiger partial charge in [0.25, 0.3) is 5.91 Å². The maximum Gasteiger partial charge on any atom is 0.255 e. The molecule has 0 N–H and O–H groups in total. The van der Waals surface area contributed by atoms with Gasteiger partial charge in [-0.15, -0.1) is 0 Å². The summed E-state index contributed by atoms with van der Waals surface area (Å²) in [5.41, 5.74) is 1.88. The molecule has 5 heteroatoms. The molecule has 0 spiro atoms. The average Bonchev–Trinajstić information content (AvgIpc) is 3.08. The number of rotatable bonds is 2. The maximum absolute atomic E-state index is 12.3. The molecular formula is C17H21N3O2. The number of hydrogen-bond donors (Lipinski definition) is 0. The van der Waals surface area contributed by atoms with Crippen LogP contribution in [0, 0.1) is 0 Å². The minimum atomic E-state index is -0.00523. The van der Waals surface area contributed by atoms with E-state index >= 15 is 0 Å². The number of pyridine rings is 1. The first-order chi connectivity index (χ1) is 10.7. The molecule has 5 nitrogen and oxygen atoms in total. The average molecular weight is 299 g/mol. The minimum Gasteiger partial charge on any atom is -0.336 e. The number of piperazine rings is 1. The Balaban J connectivity index is 1.55. The summed E-state index contributed by atoms with van der Waals surface area (Å²) in [4.78, 5) is 32.2. The van der Waals surface area contributed by atoms with Crippen molar-refractivity contribution in [3.05, 3.63) is 41.7 Å². The molecule has 2 aliphatic rings. The van der Waals surface area contributed by atoms with Crippen molar-refractivity contribution in [1.82, 2.24) is 14.8 Å². The van der Waals surface area contributed by atoms with Crippen LogP contribution in [0.4, 0.5) is 0 Å². The monoisotopic (exact) mass is 299 g/mol. The van der Waals surface area contributed by atoms with Crippen LogP contribution >= 0.6 is 0 Å². The lowest BCUT2D eigenvalue weighted by Crippen LogP contribution is -2.50. The van der Waals surface area contributed by atoms with Gasteiger partial charge in [-0.1, -0.05) is 5.57 Å². The molecule has 0 aromatic carbocycles. The summed E-state index contributed by atoms with van der Waals surface area (Å²) in [6.07, 6.45) is 9.58. The zero-order valence-electron chi connectivity index (χ0n) is 12.7. The van der Waals surface area contributed by atoms with Crippen molar-refractivity contribution in [2.45, 2.75) is 25.7 Å². The van der Waals surface area contributed by atoms with Gasteiger partial charge >= 0.3 is 0 Å². The van der Waals surface area contributed by atoms with Gasteiger partial charge in [-0.05, 0) is 37.8 Å². The summed E-state index contributed by atoms with van der Waals surface area (Å²) in [5.74, 6) is 0.0970. The highest BCUT2D eigenvalue weighted by molar-refractivity contribution is 5.94. The summed E-state index contributed by atoms with van der Waals surface area (Å²) in [7, 11) is 0. The van der Waals surface area contributed by atoms with Crippen molar-refractivity contribution in [3.63, 3.8) is 0 Å². The smallest absolute Gasteiger partial charge is 0.255 e. The molecule has 2 fully saturated rings. The Morgan fingerprint density at radius 2 is 1.73 bits per heavy atom. The van der Waals surface area contributed by atoms with Gasteiger partial charge in [0.15, 0.2) is 0 Å². The maximum atomic E-state index is 12.3. The van der Waals surface area contributed by atoms with Crippen LogP contribution in [-0.4, -0.2) is 52.8 Å². The molecule has 1 saturated carbocycles. The number of hydrogen-bond acceptors (Lipinski definition) is 3. The minimum absolute atomic E-state index is 0.00523. The van der Waals surface area contributed by atoms with Crippen molar-refractivity contribution in [2.24, 2.45) is 0 Å². The molecule has 0 atom stereocenters. The fourth-order valence-electron chi connectivity index (χ4n) is 3.04. The first-order valence-electron chi connectivity index (χ1n) is 7.92. The fourth-order valence-corrected chi connectivity index (χ4v) is 3.04. The van der Waals surface area contributed by atoms with Gasteiger partial charge in [-0.2, -0.15) is 0 Å². The lowest BCUT2D eigenvalue weighted by Gasteiger charge is -2.34. The molecular weight excluding hydrogens is 278 g/mol. The number of nitrogens with zero attached hydrogens (tertiary/aromatic N) is 3. The zero-order valence-corrected chi connectivity index (χ0v) is 12.7. The van der Waals surface area contributed by atoms with Crippen molar-refractivity contribution in [2.75, 3.05) is 26.2 Å². The van der Waals surface area contributed by atoms with Gasteiger partial charge in [-0.25, -0.2) is 0 Å². The molecule has 116 valence electrons. The lowest BCUT2D eigenvalue weighted by molar-refractivity contribution is -0.127. The topological polar surface area (TPSA) is 53.5 Å². The summed E-state index contributed by atoms with van der Waals surface area (Å²) >= 11 is 0. The molecule has 2 heterocycles. The standard InChI is InChI=1S/C17H21N3O2/c21-16(12-14-4-1-2-5-14)19-8-10-20(11-9-19)17(22)15-6-3-7-18-13-15/h3,6-7,12-13H,1-2,4-5,8-11H2. The van der Waals surface area contributed by atoms with Crippen molar-refractivity contribution in [3.8, 4) is 0 Å². The van der Waals surface area contributed by atoms with E-state index in [1.54, 1.807) is 29.4 Å². The van der Waals surface area contributed by atoms with Crippen LogP contribution in [0.3, 0.4) is 0 Å². The van der Waals surface area contributed by atoms with Gasteiger partial charge in [0.05, 0.1) is 5.56 Å². The van der Waals surface area contributed by atoms with E-state index in [0.717, 1.165) is 12.8 Å². The van der Waals surface area contributed by atoms with Gasteiger partial charge in [0.2, 0.25) is 5.91 Å². The molecule has 0 bridgehead atoms. The zero-order chi connectivity index (χ0) is 15.4. The molecule has 1 aromatic heterocycles. The predicted octanol–water partition coefficient (Wildman–Crippen LogP) is 1.87. The van der Waals surface area contributed by atoms with Crippen LogP contribution in [-0.2, 0) is 4.79 Å². The Hall–Kier alpha value is -2.17. The van der Waals surface area contributed by atoms with Gasteiger partial charge < -0.3 is 9.80 Å². The highest BCUT2D eigenvalue weighted by Gasteiger charge is 2.24. The third kappa shape index (κ3) is 3.35. The Kier molecular flexibility index (Phi) is 4.51. The van der Waals surface area contributed by atoms with Crippen LogP contribution in [0.15, 0.2) is 36.2 Å². The molecule has 1 aliphatic carbocycles. The highest BCUT2D eigenvalue weighted by atomic mass is 16.2. The van der Waals surface area contributed by atoms with Gasteiger partial charge in [-0.3, -0.25) is 14.6 Å². The van der Waals surface area contributed by atoms with Crippen LogP contribution in [0.25, 0.3) is 0 Å². The number of aromatic nitrogens is 1. The molecule has 0 radical (unpaired) electrons. The van der Waals surface area contributed by atoms with E-state index in [9.17, 15) is 9.59 Å². The first-order valence-corrected chi connectivity index (χ1v) is 7.92. The van der Waals surface area contributed by atoms with E-state index in [4.69, 9.17) is 0 Å². The Bertz CT molecular complexity index is 567. The number of allylic oxidation sites excluding steroid dienone is 1. The van der Waals surface area contributed by atoms with E-state index in [1.165, 1.54) is 18.4 Å². The molecule has 1 aliphatic heterocycles. The van der Waals surface area contributed by atoms with Gasteiger partial charge in [0, 0.05) is 44.6 Å². The summed E-state index contributed by atoms with van der Waals surface area (Å²) in [5, 5.41) is 0. The van der Waals surface area contributed by atoms with E-state index in [1.807, 2.05) is 11.0 Å². The van der Waals surface area contributed by atoms with Crippen LogP contribution in [0.5, 0.6) is 0 Å². The second-order valence-corrected chi connectivity index (χ2v) is 5.87. The van der Waals surface area contributed by atoms with Crippen LogP contribution in [0.2, 0.25) is 0 Å². The second-order valence-electron chi connectivity index (χ2n) is 5.87. The molecule has 2 amide bonds. The fraction of sp³-hybridized carbons (Fsp3) is 0.471.